The van der Waals surface area contributed by atoms with Crippen molar-refractivity contribution >= 4 is 23.6 Å². The van der Waals surface area contributed by atoms with E-state index in [2.05, 4.69) is 5.32 Å². The van der Waals surface area contributed by atoms with Crippen molar-refractivity contribution in [3.8, 4) is 0 Å². The van der Waals surface area contributed by atoms with Crippen LogP contribution in [-0.2, 0) is 14.3 Å². The summed E-state index contributed by atoms with van der Waals surface area (Å²) < 4.78 is 4.79. The Kier molecular flexibility index (Phi) is 7.88. The Morgan fingerprint density at radius 2 is 1.70 bits per heavy atom. The van der Waals surface area contributed by atoms with Crippen molar-refractivity contribution in [2.75, 3.05) is 13.4 Å². The highest BCUT2D eigenvalue weighted by molar-refractivity contribution is 7.98. The summed E-state index contributed by atoms with van der Waals surface area (Å²) in [5, 5.41) is 2.96. The van der Waals surface area contributed by atoms with Crippen LogP contribution >= 0.6 is 11.8 Å². The molecule has 6 heteroatoms. The zero-order valence-electron chi connectivity index (χ0n) is 15.8. The number of hydrogen-bond acceptors (Lipinski definition) is 5. The first-order valence-electron chi connectivity index (χ1n) is 8.78. The summed E-state index contributed by atoms with van der Waals surface area (Å²) in [5.74, 6) is -1.03. The lowest BCUT2D eigenvalue weighted by molar-refractivity contribution is -0.141. The lowest BCUT2D eigenvalue weighted by Gasteiger charge is -2.24. The largest absolute Gasteiger partial charge is 0.469 e. The number of nitrogens with two attached hydrogens (primary N) is 1. The van der Waals surface area contributed by atoms with Gasteiger partial charge in [-0.1, -0.05) is 49.4 Å². The van der Waals surface area contributed by atoms with Crippen LogP contribution in [-0.4, -0.2) is 25.2 Å². The standard InChI is InChI=1S/C21H26N2O3S/c1-14(20(22)16-7-5-4-6-8-16)21(25)23-18(13-19(24)26-2)15-9-11-17(27-3)12-10-15/h4-12,14,18,20H,13,22H2,1-3H3,(H,23,25). The summed E-state index contributed by atoms with van der Waals surface area (Å²) in [5.41, 5.74) is 8.01. The van der Waals surface area contributed by atoms with Gasteiger partial charge in [-0.2, -0.15) is 0 Å². The van der Waals surface area contributed by atoms with Gasteiger partial charge in [0.25, 0.3) is 0 Å². The molecule has 1 amide bonds. The van der Waals surface area contributed by atoms with Crippen LogP contribution in [0.25, 0.3) is 0 Å². The number of esters is 1. The molecule has 3 N–H and O–H groups in total. The molecule has 5 nitrogen and oxygen atoms in total. The van der Waals surface area contributed by atoms with Gasteiger partial charge in [0, 0.05) is 10.9 Å². The minimum Gasteiger partial charge on any atom is -0.469 e. The smallest absolute Gasteiger partial charge is 0.307 e. The second kappa shape index (κ2) is 10.1. The molecule has 0 aliphatic carbocycles. The molecule has 0 heterocycles. The third-order valence-corrected chi connectivity index (χ3v) is 5.31. The first kappa shape index (κ1) is 21.0. The first-order valence-corrected chi connectivity index (χ1v) is 10.0. The van der Waals surface area contributed by atoms with Gasteiger partial charge < -0.3 is 15.8 Å². The molecule has 2 aromatic rings. The number of hydrogen-bond donors (Lipinski definition) is 2. The number of rotatable bonds is 8. The molecule has 0 saturated carbocycles. The van der Waals surface area contributed by atoms with Crippen LogP contribution in [0, 0.1) is 5.92 Å². The number of ether oxygens (including phenoxy) is 1. The van der Waals surface area contributed by atoms with E-state index in [4.69, 9.17) is 10.5 Å². The number of methoxy groups -OCH3 is 1. The van der Waals surface area contributed by atoms with Crippen LogP contribution in [0.4, 0.5) is 0 Å². The van der Waals surface area contributed by atoms with Crippen LogP contribution in [0.15, 0.2) is 59.5 Å². The Bertz CT molecular complexity index is 750. The molecular formula is C21H26N2O3S. The Morgan fingerprint density at radius 3 is 2.26 bits per heavy atom. The average Bonchev–Trinajstić information content (AvgIpc) is 2.72. The normalized spacial score (nSPS) is 14.1. The molecule has 3 unspecified atom stereocenters. The van der Waals surface area contributed by atoms with Crippen molar-refractivity contribution in [1.29, 1.82) is 0 Å². The van der Waals surface area contributed by atoms with Gasteiger partial charge in [-0.15, -0.1) is 11.8 Å². The van der Waals surface area contributed by atoms with E-state index >= 15 is 0 Å². The third-order valence-electron chi connectivity index (χ3n) is 4.57. The maximum Gasteiger partial charge on any atom is 0.307 e. The van der Waals surface area contributed by atoms with Crippen LogP contribution in [0.1, 0.15) is 36.6 Å². The van der Waals surface area contributed by atoms with Crippen molar-refractivity contribution in [2.45, 2.75) is 30.3 Å². The Morgan fingerprint density at radius 1 is 1.07 bits per heavy atom. The van der Waals surface area contributed by atoms with Gasteiger partial charge in [-0.05, 0) is 29.5 Å². The van der Waals surface area contributed by atoms with Crippen LogP contribution in [0.5, 0.6) is 0 Å². The van der Waals surface area contributed by atoms with Gasteiger partial charge in [0.05, 0.1) is 25.5 Å². The molecule has 0 spiro atoms. The van der Waals surface area contributed by atoms with Gasteiger partial charge in [-0.25, -0.2) is 0 Å². The molecule has 0 aliphatic rings. The second-order valence-corrected chi connectivity index (χ2v) is 7.22. The quantitative estimate of drug-likeness (QED) is 0.536. The Labute approximate surface area is 164 Å². The zero-order chi connectivity index (χ0) is 19.8. The van der Waals surface area contributed by atoms with E-state index in [1.807, 2.05) is 60.9 Å². The fraction of sp³-hybridized carbons (Fsp3) is 0.333. The highest BCUT2D eigenvalue weighted by atomic mass is 32.2. The van der Waals surface area contributed by atoms with E-state index in [-0.39, 0.29) is 18.3 Å². The number of amides is 1. The molecule has 3 atom stereocenters. The molecule has 2 aromatic carbocycles. The fourth-order valence-corrected chi connectivity index (χ4v) is 3.18. The predicted octanol–water partition coefficient (Wildman–Crippen LogP) is 3.47. The van der Waals surface area contributed by atoms with Crippen molar-refractivity contribution in [3.63, 3.8) is 0 Å². The summed E-state index contributed by atoms with van der Waals surface area (Å²) in [6.07, 6.45) is 2.06. The van der Waals surface area contributed by atoms with Gasteiger partial charge in [-0.3, -0.25) is 9.59 Å². The molecule has 2 rings (SSSR count). The second-order valence-electron chi connectivity index (χ2n) is 6.34. The number of thioether (sulfide) groups is 1. The Balaban J connectivity index is 2.15. The fourth-order valence-electron chi connectivity index (χ4n) is 2.77. The molecule has 0 radical (unpaired) electrons. The summed E-state index contributed by atoms with van der Waals surface area (Å²) in [6.45, 7) is 1.79. The monoisotopic (exact) mass is 386 g/mol. The zero-order valence-corrected chi connectivity index (χ0v) is 16.7. The topological polar surface area (TPSA) is 81.4 Å². The summed E-state index contributed by atoms with van der Waals surface area (Å²) >= 11 is 1.63. The van der Waals surface area contributed by atoms with Gasteiger partial charge in [0.15, 0.2) is 0 Å². The molecule has 0 aromatic heterocycles. The third kappa shape index (κ3) is 5.84. The number of carbonyl (C=O) groups is 2. The summed E-state index contributed by atoms with van der Waals surface area (Å²) in [7, 11) is 1.34. The number of carbonyl (C=O) groups excluding carboxylic acids is 2. The van der Waals surface area contributed by atoms with Crippen LogP contribution in [0.2, 0.25) is 0 Å². The van der Waals surface area contributed by atoms with Crippen molar-refractivity contribution < 1.29 is 14.3 Å². The van der Waals surface area contributed by atoms with Crippen LogP contribution < -0.4 is 11.1 Å². The molecular weight excluding hydrogens is 360 g/mol. The van der Waals surface area contributed by atoms with Gasteiger partial charge in [0.2, 0.25) is 5.91 Å². The minimum atomic E-state index is -0.466. The molecule has 0 fully saturated rings. The lowest BCUT2D eigenvalue weighted by atomic mass is 9.93. The predicted molar refractivity (Wildman–Crippen MR) is 108 cm³/mol. The van der Waals surface area contributed by atoms with Crippen molar-refractivity contribution in [2.24, 2.45) is 11.7 Å². The highest BCUT2D eigenvalue weighted by Gasteiger charge is 2.26. The van der Waals surface area contributed by atoms with E-state index in [9.17, 15) is 9.59 Å². The number of nitrogens with one attached hydrogen (secondary N) is 1. The average molecular weight is 387 g/mol. The van der Waals surface area contributed by atoms with Crippen molar-refractivity contribution in [3.05, 3.63) is 65.7 Å². The van der Waals surface area contributed by atoms with Gasteiger partial charge in [0.1, 0.15) is 0 Å². The molecule has 27 heavy (non-hydrogen) atoms. The molecule has 0 saturated heterocycles. The Hall–Kier alpha value is -2.31. The van der Waals surface area contributed by atoms with Crippen LogP contribution in [0.3, 0.4) is 0 Å². The SMILES string of the molecule is COC(=O)CC(NC(=O)C(C)C(N)c1ccccc1)c1ccc(SC)cc1. The van der Waals surface area contributed by atoms with E-state index < -0.39 is 18.0 Å². The maximum absolute atomic E-state index is 12.8. The van der Waals surface area contributed by atoms with Gasteiger partial charge >= 0.3 is 5.97 Å². The maximum atomic E-state index is 12.8. The van der Waals surface area contributed by atoms with E-state index in [1.54, 1.807) is 18.7 Å². The first-order chi connectivity index (χ1) is 13.0. The van der Waals surface area contributed by atoms with Crippen molar-refractivity contribution in [1.82, 2.24) is 5.32 Å². The highest BCUT2D eigenvalue weighted by Crippen LogP contribution is 2.24. The molecule has 0 aliphatic heterocycles. The number of benzene rings is 2. The lowest BCUT2D eigenvalue weighted by Crippen LogP contribution is -2.38. The summed E-state index contributed by atoms with van der Waals surface area (Å²) in [4.78, 5) is 25.7. The molecule has 0 bridgehead atoms. The van der Waals surface area contributed by atoms with E-state index in [0.717, 1.165) is 16.0 Å². The summed E-state index contributed by atoms with van der Waals surface area (Å²) in [6, 6.07) is 16.4. The van der Waals surface area contributed by atoms with E-state index in [0.29, 0.717) is 0 Å². The molecule has 144 valence electrons. The van der Waals surface area contributed by atoms with E-state index in [1.165, 1.54) is 7.11 Å². The minimum absolute atomic E-state index is 0.0636.